The maximum absolute atomic E-state index is 2.28. The fourth-order valence-corrected chi connectivity index (χ4v) is 0. The molecule has 0 aliphatic heterocycles. The molecule has 5 heavy (non-hydrogen) atoms. The summed E-state index contributed by atoms with van der Waals surface area (Å²) >= 11 is 8.79. The van der Waals surface area contributed by atoms with Crippen LogP contribution < -0.4 is 0 Å². The van der Waals surface area contributed by atoms with Crippen molar-refractivity contribution in [2.75, 3.05) is 2.43 Å². The van der Waals surface area contributed by atoms with E-state index in [4.69, 9.17) is 0 Å². The van der Waals surface area contributed by atoms with E-state index in [9.17, 15) is 0 Å². The van der Waals surface area contributed by atoms with Gasteiger partial charge >= 0.3 is 0 Å². The minimum Gasteiger partial charge on any atom is -0.0748 e. The minimum atomic E-state index is 1.19. The summed E-state index contributed by atoms with van der Waals surface area (Å²) in [5.41, 5.74) is 0. The second-order valence-electron chi connectivity index (χ2n) is 0.101. The third-order valence-corrected chi connectivity index (χ3v) is 0. The summed E-state index contributed by atoms with van der Waals surface area (Å²) in [6.45, 7) is 0. The summed E-state index contributed by atoms with van der Waals surface area (Å²) in [5, 5.41) is 0. The first-order valence-corrected chi connectivity index (χ1v) is 10.0. The molecule has 0 N–H and O–H groups in total. The van der Waals surface area contributed by atoms with Crippen molar-refractivity contribution in [2.24, 2.45) is 0 Å². The summed E-state index contributed by atoms with van der Waals surface area (Å²) in [7, 11) is 0. The van der Waals surface area contributed by atoms with Gasteiger partial charge in [-0.1, -0.05) is 45.2 Å². The highest BCUT2D eigenvalue weighted by Gasteiger charge is 1.40. The highest BCUT2D eigenvalue weighted by atomic mass is 128. The van der Waals surface area contributed by atoms with Crippen LogP contribution in [0.4, 0.5) is 0 Å². The largest absolute Gasteiger partial charge is 0.0748 e. The van der Waals surface area contributed by atoms with Crippen LogP contribution in [0.25, 0.3) is 0 Å². The van der Waals surface area contributed by atoms with Crippen molar-refractivity contribution in [1.29, 1.82) is 0 Å². The summed E-state index contributed by atoms with van der Waals surface area (Å²) < 4.78 is 1.19. The Morgan fingerprint density at radius 1 is 1.00 bits per heavy atom. The van der Waals surface area contributed by atoms with Crippen LogP contribution in [-0.2, 0) is 0 Å². The van der Waals surface area contributed by atoms with Crippen molar-refractivity contribution in [3.63, 3.8) is 0 Å². The Morgan fingerprint density at radius 3 is 1.00 bits per heavy atom. The molecule has 0 heterocycles. The first-order chi connectivity index (χ1) is 2.41. The molecule has 0 radical (unpaired) electrons. The van der Waals surface area contributed by atoms with Crippen LogP contribution in [0, 0.1) is 0 Å². The zero-order valence-electron chi connectivity index (χ0n) is 2.22. The minimum absolute atomic E-state index is 1.19. The molecule has 4 heteroatoms. The van der Waals surface area contributed by atoms with E-state index in [1.165, 1.54) is 2.43 Å². The quantitative estimate of drug-likeness (QED) is 0.338. The molecule has 0 spiro atoms. The Bertz CT molecular complexity index is 3.61. The van der Waals surface area contributed by atoms with Gasteiger partial charge in [0.1, 0.15) is 0 Å². The number of halogens is 4. The van der Waals surface area contributed by atoms with E-state index in [2.05, 4.69) is 82.4 Å². The Kier molecular flexibility index (Phi) is 34.2. The van der Waals surface area contributed by atoms with Crippen LogP contribution in [0.3, 0.4) is 0 Å². The SMILES string of the molecule is ICI.II. The van der Waals surface area contributed by atoms with Gasteiger partial charge in [0.25, 0.3) is 0 Å². The van der Waals surface area contributed by atoms with Gasteiger partial charge < -0.3 is 0 Å². The molecule has 0 fully saturated rings. The fourth-order valence-electron chi connectivity index (χ4n) is 0. The predicted molar refractivity (Wildman–Crippen MR) is 60.9 cm³/mol. The lowest BCUT2D eigenvalue weighted by Crippen LogP contribution is -1.17. The first kappa shape index (κ1) is 10.8. The van der Waals surface area contributed by atoms with Crippen LogP contribution in [0.1, 0.15) is 0 Å². The summed E-state index contributed by atoms with van der Waals surface area (Å²) in [4.78, 5) is 0. The normalized spacial score (nSPS) is 4.80. The van der Waals surface area contributed by atoms with Gasteiger partial charge in [-0.25, -0.2) is 0 Å². The van der Waals surface area contributed by atoms with Crippen LogP contribution in [-0.4, -0.2) is 2.43 Å². The fraction of sp³-hybridized carbons (Fsp3) is 1.00. The number of hydrogen-bond donors (Lipinski definition) is 0. The van der Waals surface area contributed by atoms with E-state index in [1.54, 1.807) is 0 Å². The summed E-state index contributed by atoms with van der Waals surface area (Å²) in [6, 6.07) is 0. The molecule has 0 nitrogen and oxygen atoms in total. The van der Waals surface area contributed by atoms with Crippen LogP contribution in [0.15, 0.2) is 0 Å². The van der Waals surface area contributed by atoms with Crippen molar-refractivity contribution in [3.05, 3.63) is 0 Å². The Labute approximate surface area is 82.8 Å². The Hall–Kier alpha value is 2.92. The monoisotopic (exact) mass is 522 g/mol. The van der Waals surface area contributed by atoms with E-state index in [1.807, 2.05) is 0 Å². The van der Waals surface area contributed by atoms with Gasteiger partial charge in [0.2, 0.25) is 0 Å². The number of alkyl halides is 2. The molecule has 0 aromatic rings. The van der Waals surface area contributed by atoms with Gasteiger partial charge in [-0.2, -0.15) is 0 Å². The lowest BCUT2D eigenvalue weighted by Gasteiger charge is -1.43. The van der Waals surface area contributed by atoms with Crippen molar-refractivity contribution >= 4 is 82.4 Å². The molecule has 0 saturated heterocycles. The molecule has 0 bridgehead atoms. The molecule has 0 aromatic carbocycles. The van der Waals surface area contributed by atoms with Crippen molar-refractivity contribution in [2.45, 2.75) is 0 Å². The predicted octanol–water partition coefficient (Wildman–Crippen LogP) is 3.59. The van der Waals surface area contributed by atoms with Crippen molar-refractivity contribution in [1.82, 2.24) is 0 Å². The lowest BCUT2D eigenvalue weighted by atomic mass is 12.0. The molecule has 34 valence electrons. The molecular weight excluding hydrogens is 520 g/mol. The molecule has 0 aromatic heterocycles. The third-order valence-electron chi connectivity index (χ3n) is 0. The van der Waals surface area contributed by atoms with Gasteiger partial charge in [0.15, 0.2) is 0 Å². The maximum Gasteiger partial charge on any atom is 0.0516 e. The van der Waals surface area contributed by atoms with Gasteiger partial charge in [-0.15, -0.1) is 0 Å². The van der Waals surface area contributed by atoms with Gasteiger partial charge in [-0.3, -0.25) is 0 Å². The molecular formula is CH2I4. The molecule has 0 aliphatic carbocycles. The van der Waals surface area contributed by atoms with Gasteiger partial charge in [0, 0.05) is 37.2 Å². The smallest absolute Gasteiger partial charge is 0.0516 e. The topological polar surface area (TPSA) is 0 Å². The zero-order chi connectivity index (χ0) is 4.71. The van der Waals surface area contributed by atoms with Crippen LogP contribution >= 0.6 is 82.4 Å². The second kappa shape index (κ2) is 15.8. The van der Waals surface area contributed by atoms with E-state index >= 15 is 0 Å². The Morgan fingerprint density at radius 2 is 1.00 bits per heavy atom. The summed E-state index contributed by atoms with van der Waals surface area (Å²) in [5.74, 6) is 0. The molecule has 0 aliphatic rings. The van der Waals surface area contributed by atoms with Crippen molar-refractivity contribution < 1.29 is 0 Å². The Balaban J connectivity index is 0. The highest BCUT2D eigenvalue weighted by molar-refractivity contribution is 15.0. The molecule has 0 unspecified atom stereocenters. The highest BCUT2D eigenvalue weighted by Crippen LogP contribution is 1.89. The average Bonchev–Trinajstić information content (AvgIpc) is 1.46. The van der Waals surface area contributed by atoms with Crippen LogP contribution in [0.2, 0.25) is 0 Å². The van der Waals surface area contributed by atoms with E-state index in [0.717, 1.165) is 0 Å². The molecule has 0 atom stereocenters. The van der Waals surface area contributed by atoms with Gasteiger partial charge in [0.05, 0.1) is 2.43 Å². The van der Waals surface area contributed by atoms with E-state index < -0.39 is 0 Å². The molecule has 0 saturated carbocycles. The lowest BCUT2D eigenvalue weighted by molar-refractivity contribution is 2.58. The second-order valence-corrected chi connectivity index (χ2v) is 4.55. The third kappa shape index (κ3) is 19.6. The van der Waals surface area contributed by atoms with Crippen molar-refractivity contribution in [3.8, 4) is 0 Å². The zero-order valence-corrected chi connectivity index (χ0v) is 10.8. The first-order valence-electron chi connectivity index (χ1n) is 0.677. The number of hydrogen-bond acceptors (Lipinski definition) is 0. The summed E-state index contributed by atoms with van der Waals surface area (Å²) in [6.07, 6.45) is 0. The molecule has 0 amide bonds. The van der Waals surface area contributed by atoms with Crippen LogP contribution in [0.5, 0.6) is 0 Å². The maximum atomic E-state index is 2.28. The standard InChI is InChI=1S/CH2I2.I2/c2-1-3;1-2/h1H2;. The number of rotatable bonds is 0. The van der Waals surface area contributed by atoms with Gasteiger partial charge in [-0.05, 0) is 0 Å². The average molecular weight is 522 g/mol. The molecule has 0 rings (SSSR count). The van der Waals surface area contributed by atoms with E-state index in [0.29, 0.717) is 0 Å². The van der Waals surface area contributed by atoms with E-state index in [-0.39, 0.29) is 0 Å².